The highest BCUT2D eigenvalue weighted by atomic mass is 35.5. The number of anilines is 3. The monoisotopic (exact) mass is 416 g/mol. The zero-order valence-electron chi connectivity index (χ0n) is 14.4. The molecule has 4 rings (SSSR count). The summed E-state index contributed by atoms with van der Waals surface area (Å²) in [6.07, 6.45) is 3.02. The molecule has 142 valence electrons. The first-order valence-electron chi connectivity index (χ1n) is 8.29. The van der Waals surface area contributed by atoms with Crippen molar-refractivity contribution in [2.24, 2.45) is 0 Å². The third-order valence-electron chi connectivity index (χ3n) is 3.81. The van der Waals surface area contributed by atoms with E-state index in [0.717, 1.165) is 4.70 Å². The van der Waals surface area contributed by atoms with Gasteiger partial charge in [0.15, 0.2) is 5.82 Å². The molecule has 0 radical (unpaired) electrons. The standard InChI is InChI=1S/C18H14ClFN6OS/c19-10-2-1-3-11(20)15(10)18-25-12-4-5-22-17(16(12)28-18)26-14-8-13(21-6-7-27)23-9-24-14/h1-5,8-9,27H,6-7H2,(H2,21,22,23,24,26). The number of aliphatic hydroxyl groups is 1. The minimum absolute atomic E-state index is 0.00409. The van der Waals surface area contributed by atoms with Crippen LogP contribution in [0.4, 0.5) is 21.8 Å². The van der Waals surface area contributed by atoms with Gasteiger partial charge in [-0.25, -0.2) is 24.3 Å². The van der Waals surface area contributed by atoms with E-state index in [1.807, 2.05) is 0 Å². The molecule has 28 heavy (non-hydrogen) atoms. The van der Waals surface area contributed by atoms with E-state index in [1.165, 1.54) is 23.7 Å². The summed E-state index contributed by atoms with van der Waals surface area (Å²) in [5, 5.41) is 15.8. The van der Waals surface area contributed by atoms with E-state index in [2.05, 4.69) is 30.6 Å². The number of pyridine rings is 1. The molecule has 0 saturated heterocycles. The summed E-state index contributed by atoms with van der Waals surface area (Å²) in [6, 6.07) is 7.99. The summed E-state index contributed by atoms with van der Waals surface area (Å²) in [7, 11) is 0. The van der Waals surface area contributed by atoms with E-state index in [0.29, 0.717) is 39.5 Å². The van der Waals surface area contributed by atoms with Gasteiger partial charge in [-0.15, -0.1) is 11.3 Å². The number of fused-ring (bicyclic) bond motifs is 1. The number of nitrogens with one attached hydrogen (secondary N) is 2. The molecule has 0 amide bonds. The second-order valence-electron chi connectivity index (χ2n) is 5.69. The van der Waals surface area contributed by atoms with Gasteiger partial charge in [0, 0.05) is 18.8 Å². The fourth-order valence-corrected chi connectivity index (χ4v) is 3.96. The molecule has 3 N–H and O–H groups in total. The van der Waals surface area contributed by atoms with Crippen molar-refractivity contribution in [2.45, 2.75) is 0 Å². The molecular weight excluding hydrogens is 403 g/mol. The lowest BCUT2D eigenvalue weighted by atomic mass is 10.2. The first-order valence-corrected chi connectivity index (χ1v) is 9.49. The van der Waals surface area contributed by atoms with Crippen LogP contribution in [-0.4, -0.2) is 38.2 Å². The first kappa shape index (κ1) is 18.5. The zero-order chi connectivity index (χ0) is 19.5. The molecule has 0 bridgehead atoms. The Morgan fingerprint density at radius 3 is 2.82 bits per heavy atom. The van der Waals surface area contributed by atoms with Crippen molar-refractivity contribution < 1.29 is 9.50 Å². The average molecular weight is 417 g/mol. The molecule has 0 unspecified atom stereocenters. The molecule has 0 atom stereocenters. The van der Waals surface area contributed by atoms with Crippen LogP contribution in [0.3, 0.4) is 0 Å². The third-order valence-corrected chi connectivity index (χ3v) is 5.22. The molecule has 7 nitrogen and oxygen atoms in total. The molecule has 0 saturated carbocycles. The second kappa shape index (κ2) is 8.01. The van der Waals surface area contributed by atoms with Crippen molar-refractivity contribution in [1.82, 2.24) is 19.9 Å². The van der Waals surface area contributed by atoms with Crippen LogP contribution in [0.25, 0.3) is 20.8 Å². The predicted octanol–water partition coefficient (Wildman–Crippen LogP) is 4.09. The van der Waals surface area contributed by atoms with Crippen molar-refractivity contribution in [3.05, 3.63) is 53.7 Å². The van der Waals surface area contributed by atoms with Gasteiger partial charge in [0.25, 0.3) is 0 Å². The smallest absolute Gasteiger partial charge is 0.151 e. The van der Waals surface area contributed by atoms with Gasteiger partial charge in [0.2, 0.25) is 0 Å². The lowest BCUT2D eigenvalue weighted by Gasteiger charge is -2.07. The lowest BCUT2D eigenvalue weighted by molar-refractivity contribution is 0.311. The minimum atomic E-state index is -0.426. The number of hydrogen-bond acceptors (Lipinski definition) is 8. The van der Waals surface area contributed by atoms with Gasteiger partial charge >= 0.3 is 0 Å². The Morgan fingerprint density at radius 1 is 1.14 bits per heavy atom. The average Bonchev–Trinajstić information content (AvgIpc) is 3.11. The van der Waals surface area contributed by atoms with Gasteiger partial charge in [-0.1, -0.05) is 17.7 Å². The molecule has 0 aliphatic carbocycles. The van der Waals surface area contributed by atoms with Crippen molar-refractivity contribution in [3.8, 4) is 10.6 Å². The number of nitrogens with zero attached hydrogens (tertiary/aromatic N) is 4. The van der Waals surface area contributed by atoms with Gasteiger partial charge in [0.05, 0.1) is 27.4 Å². The quantitative estimate of drug-likeness (QED) is 0.435. The summed E-state index contributed by atoms with van der Waals surface area (Å²) in [5.41, 5.74) is 0.943. The van der Waals surface area contributed by atoms with Crippen LogP contribution in [0.15, 0.2) is 42.9 Å². The Balaban J connectivity index is 1.70. The van der Waals surface area contributed by atoms with Crippen molar-refractivity contribution in [3.63, 3.8) is 0 Å². The van der Waals surface area contributed by atoms with E-state index in [1.54, 1.807) is 30.5 Å². The fraction of sp³-hybridized carbons (Fsp3) is 0.111. The number of halogens is 2. The van der Waals surface area contributed by atoms with E-state index in [-0.39, 0.29) is 12.2 Å². The molecule has 1 aromatic carbocycles. The summed E-state index contributed by atoms with van der Waals surface area (Å²) in [4.78, 5) is 17.1. The van der Waals surface area contributed by atoms with Crippen LogP contribution in [-0.2, 0) is 0 Å². The topological polar surface area (TPSA) is 95.8 Å². The lowest BCUT2D eigenvalue weighted by Crippen LogP contribution is -2.07. The highest BCUT2D eigenvalue weighted by Crippen LogP contribution is 2.38. The SMILES string of the molecule is OCCNc1cc(Nc2nccc3nc(-c4c(F)cccc4Cl)sc23)ncn1. The molecule has 0 aliphatic rings. The second-order valence-corrected chi connectivity index (χ2v) is 7.09. The Kier molecular flexibility index (Phi) is 5.29. The van der Waals surface area contributed by atoms with Crippen molar-refractivity contribution in [2.75, 3.05) is 23.8 Å². The van der Waals surface area contributed by atoms with Crippen LogP contribution >= 0.6 is 22.9 Å². The third kappa shape index (κ3) is 3.72. The fourth-order valence-electron chi connectivity index (χ4n) is 2.58. The van der Waals surface area contributed by atoms with E-state index in [9.17, 15) is 4.39 Å². The number of aromatic nitrogens is 4. The van der Waals surface area contributed by atoms with E-state index < -0.39 is 5.82 Å². The maximum atomic E-state index is 14.3. The predicted molar refractivity (Wildman–Crippen MR) is 109 cm³/mol. The molecule has 3 heterocycles. The van der Waals surface area contributed by atoms with Gasteiger partial charge in [-0.05, 0) is 18.2 Å². The van der Waals surface area contributed by atoms with Gasteiger partial charge in [0.1, 0.15) is 28.8 Å². The Labute approximate surface area is 168 Å². The number of aliphatic hydroxyl groups excluding tert-OH is 1. The Hall–Kier alpha value is -2.88. The maximum Gasteiger partial charge on any atom is 0.151 e. The number of rotatable bonds is 6. The maximum absolute atomic E-state index is 14.3. The number of benzene rings is 1. The summed E-state index contributed by atoms with van der Waals surface area (Å²) in [6.45, 7) is 0.377. The Morgan fingerprint density at radius 2 is 2.00 bits per heavy atom. The van der Waals surface area contributed by atoms with E-state index >= 15 is 0 Å². The van der Waals surface area contributed by atoms with Crippen LogP contribution in [0, 0.1) is 5.82 Å². The molecule has 0 aliphatic heterocycles. The van der Waals surface area contributed by atoms with Gasteiger partial charge < -0.3 is 15.7 Å². The molecule has 0 fully saturated rings. The van der Waals surface area contributed by atoms with Crippen LogP contribution in [0.2, 0.25) is 5.02 Å². The molecular formula is C18H14ClFN6OS. The largest absolute Gasteiger partial charge is 0.395 e. The molecule has 3 aromatic heterocycles. The van der Waals surface area contributed by atoms with Crippen LogP contribution in [0.1, 0.15) is 0 Å². The normalized spacial score (nSPS) is 11.0. The van der Waals surface area contributed by atoms with Crippen LogP contribution < -0.4 is 10.6 Å². The van der Waals surface area contributed by atoms with Crippen molar-refractivity contribution in [1.29, 1.82) is 0 Å². The summed E-state index contributed by atoms with van der Waals surface area (Å²) >= 11 is 7.46. The zero-order valence-corrected chi connectivity index (χ0v) is 15.9. The van der Waals surface area contributed by atoms with Gasteiger partial charge in [-0.3, -0.25) is 0 Å². The Bertz CT molecular complexity index is 1120. The minimum Gasteiger partial charge on any atom is -0.395 e. The van der Waals surface area contributed by atoms with Gasteiger partial charge in [-0.2, -0.15) is 0 Å². The molecule has 4 aromatic rings. The highest BCUT2D eigenvalue weighted by molar-refractivity contribution is 7.22. The highest BCUT2D eigenvalue weighted by Gasteiger charge is 2.16. The molecule has 0 spiro atoms. The summed E-state index contributed by atoms with van der Waals surface area (Å²) < 4.78 is 15.0. The number of hydrogen-bond donors (Lipinski definition) is 3. The number of thiazole rings is 1. The first-order chi connectivity index (χ1) is 13.7. The summed E-state index contributed by atoms with van der Waals surface area (Å²) in [5.74, 6) is 1.21. The molecule has 10 heteroatoms. The van der Waals surface area contributed by atoms with Crippen molar-refractivity contribution >= 4 is 50.6 Å². The van der Waals surface area contributed by atoms with Crippen LogP contribution in [0.5, 0.6) is 0 Å². The van der Waals surface area contributed by atoms with E-state index in [4.69, 9.17) is 16.7 Å².